The Morgan fingerprint density at radius 3 is 2.47 bits per heavy atom. The average molecular weight is 537 g/mol. The third-order valence-corrected chi connectivity index (χ3v) is 7.10. The predicted molar refractivity (Wildman–Crippen MR) is 120 cm³/mol. The van der Waals surface area contributed by atoms with E-state index in [2.05, 4.69) is 9.71 Å². The average Bonchev–Trinajstić information content (AvgIpc) is 2.77. The molecule has 1 aliphatic heterocycles. The van der Waals surface area contributed by atoms with Crippen LogP contribution in [-0.4, -0.2) is 33.2 Å². The Morgan fingerprint density at radius 1 is 1.17 bits per heavy atom. The molecule has 4 rings (SSSR count). The van der Waals surface area contributed by atoms with E-state index in [1.165, 1.54) is 18.2 Å². The van der Waals surface area contributed by atoms with Crippen molar-refractivity contribution in [1.29, 1.82) is 0 Å². The topological polar surface area (TPSA) is 163 Å². The maximum absolute atomic E-state index is 13.6. The molecule has 174 valence electrons. The summed E-state index contributed by atoms with van der Waals surface area (Å²) in [5.41, 5.74) is 4.89. The summed E-state index contributed by atoms with van der Waals surface area (Å²) in [5, 5.41) is 16.1. The number of anilines is 1. The maximum Gasteiger partial charge on any atom is 1.00 e. The number of nitrogens with one attached hydrogen (secondary N) is 1. The van der Waals surface area contributed by atoms with Gasteiger partial charge in [0.2, 0.25) is 0 Å². The third-order valence-electron chi connectivity index (χ3n) is 5.78. The Labute approximate surface area is 277 Å². The number of amidine groups is 1. The van der Waals surface area contributed by atoms with Gasteiger partial charge in [-0.1, -0.05) is 43.4 Å². The SMILES string of the molecule is CCCC1(C)C(=O)C(C2=NS([O-])([O-])c3cc(OCC(N)=O)ccc3N2)=C([O-])c2ccccc21.[Na+].[Na+].[Na+]. The summed E-state index contributed by atoms with van der Waals surface area (Å²) in [6.45, 7) is 3.28. The molecule has 0 spiro atoms. The van der Waals surface area contributed by atoms with Gasteiger partial charge in [-0.15, -0.1) is 0 Å². The molecule has 0 bridgehead atoms. The smallest absolute Gasteiger partial charge is 0.871 e. The summed E-state index contributed by atoms with van der Waals surface area (Å²) in [5.74, 6) is -1.95. The van der Waals surface area contributed by atoms with Crippen LogP contribution < -0.4 is 110 Å². The van der Waals surface area contributed by atoms with Crippen molar-refractivity contribution < 1.29 is 117 Å². The van der Waals surface area contributed by atoms with Gasteiger partial charge in [-0.25, -0.2) is 4.40 Å². The molecule has 1 amide bonds. The van der Waals surface area contributed by atoms with Crippen LogP contribution in [0.5, 0.6) is 5.75 Å². The van der Waals surface area contributed by atoms with Crippen LogP contribution in [0.4, 0.5) is 5.69 Å². The zero-order valence-electron chi connectivity index (χ0n) is 21.0. The van der Waals surface area contributed by atoms with E-state index in [1.54, 1.807) is 31.2 Å². The standard InChI is InChI=1S/C23H25N3O6S.3Na/c1-3-10-23(2)15-7-5-4-6-14(15)20(28)19(21(23)29)22-25-16-9-8-13(32-12-18(24)27)11-17(16)33(30,31)26-22;;;/h4-9,11,28,30-31H,3,10,12H2,1-2H3,(H2,24,27)(H,25,26);;;/q;3*+1/p-3. The quantitative estimate of drug-likeness (QED) is 0.346. The number of carbonyl (C=O) groups is 2. The van der Waals surface area contributed by atoms with Crippen LogP contribution in [0.1, 0.15) is 37.8 Å². The fourth-order valence-electron chi connectivity index (χ4n) is 4.25. The van der Waals surface area contributed by atoms with E-state index in [1.807, 2.05) is 6.92 Å². The molecular weight excluding hydrogens is 515 g/mol. The number of sulfonamides is 1. The number of benzene rings is 2. The molecule has 0 saturated carbocycles. The molecule has 13 heteroatoms. The maximum atomic E-state index is 13.6. The molecule has 1 heterocycles. The van der Waals surface area contributed by atoms with E-state index in [0.29, 0.717) is 24.0 Å². The largest absolute Gasteiger partial charge is 1.00 e. The van der Waals surface area contributed by atoms with E-state index >= 15 is 0 Å². The molecule has 1 unspecified atom stereocenters. The fourth-order valence-corrected chi connectivity index (χ4v) is 5.39. The molecule has 2 aliphatic rings. The summed E-state index contributed by atoms with van der Waals surface area (Å²) in [7, 11) is -4.27. The second-order valence-electron chi connectivity index (χ2n) is 8.11. The van der Waals surface area contributed by atoms with Crippen molar-refractivity contribution in [2.45, 2.75) is 37.0 Å². The summed E-state index contributed by atoms with van der Waals surface area (Å²) >= 11 is 0. The van der Waals surface area contributed by atoms with Crippen LogP contribution >= 0.6 is 10.8 Å². The molecule has 3 N–H and O–H groups in total. The van der Waals surface area contributed by atoms with Crippen LogP contribution in [0.2, 0.25) is 0 Å². The van der Waals surface area contributed by atoms with Crippen molar-refractivity contribution in [3.8, 4) is 5.75 Å². The first-order valence-corrected chi connectivity index (χ1v) is 11.8. The number of Topliss-reactive ketones (excluding diaryl/α,β-unsaturated/α-hetero) is 1. The van der Waals surface area contributed by atoms with Gasteiger partial charge in [-0.3, -0.25) is 9.59 Å². The molecule has 2 aromatic carbocycles. The minimum Gasteiger partial charge on any atom is -0.871 e. The number of nitrogens with zero attached hydrogens (tertiary/aromatic N) is 1. The molecule has 0 fully saturated rings. The Kier molecular flexibility index (Phi) is 12.3. The van der Waals surface area contributed by atoms with Gasteiger partial charge in [0.25, 0.3) is 5.91 Å². The second-order valence-corrected chi connectivity index (χ2v) is 9.69. The Bertz CT molecular complexity index is 1240. The number of rotatable bonds is 6. The minimum absolute atomic E-state index is 0. The summed E-state index contributed by atoms with van der Waals surface area (Å²) in [6, 6.07) is 10.9. The molecule has 36 heavy (non-hydrogen) atoms. The van der Waals surface area contributed by atoms with Crippen molar-refractivity contribution in [2.75, 3.05) is 11.9 Å². The fraction of sp³-hybridized carbons (Fsp3) is 0.261. The number of ketones is 1. The first-order chi connectivity index (χ1) is 15.6. The Morgan fingerprint density at radius 2 is 1.83 bits per heavy atom. The summed E-state index contributed by atoms with van der Waals surface area (Å²) in [6.07, 6.45) is 1.17. The number of hydrogen-bond donors (Lipinski definition) is 2. The van der Waals surface area contributed by atoms with Crippen LogP contribution in [0, 0.1) is 0 Å². The number of amides is 1. The van der Waals surface area contributed by atoms with Crippen molar-refractivity contribution >= 4 is 39.7 Å². The number of nitrogens with two attached hydrogens (primary N) is 1. The third kappa shape index (κ3) is 6.27. The second kappa shape index (κ2) is 13.1. The van der Waals surface area contributed by atoms with Crippen LogP contribution in [0.3, 0.4) is 0 Å². The molecule has 1 aliphatic carbocycles. The van der Waals surface area contributed by atoms with Crippen molar-refractivity contribution in [1.82, 2.24) is 0 Å². The molecule has 2 aromatic rings. The van der Waals surface area contributed by atoms with Gasteiger partial charge in [-0.05, 0) is 36.6 Å². The van der Waals surface area contributed by atoms with Gasteiger partial charge >= 0.3 is 88.7 Å². The summed E-state index contributed by atoms with van der Waals surface area (Å²) < 4.78 is 34.8. The molecule has 0 aromatic heterocycles. The molecule has 0 saturated heterocycles. The first-order valence-electron chi connectivity index (χ1n) is 10.3. The van der Waals surface area contributed by atoms with E-state index in [4.69, 9.17) is 10.5 Å². The Balaban J connectivity index is 0.00000216. The van der Waals surface area contributed by atoms with Gasteiger partial charge in [0, 0.05) is 11.0 Å². The number of carbonyl (C=O) groups excluding carboxylic acids is 2. The number of fused-ring (bicyclic) bond motifs is 2. The van der Waals surface area contributed by atoms with E-state index < -0.39 is 40.2 Å². The minimum atomic E-state index is -4.27. The number of hydrogen-bond acceptors (Lipinski definition) is 8. The van der Waals surface area contributed by atoms with Crippen LogP contribution in [0.15, 0.2) is 57.3 Å². The van der Waals surface area contributed by atoms with E-state index in [9.17, 15) is 23.8 Å². The number of primary amides is 1. The van der Waals surface area contributed by atoms with Crippen LogP contribution in [0.25, 0.3) is 5.76 Å². The molecule has 1 atom stereocenters. The van der Waals surface area contributed by atoms with Gasteiger partial charge in [0.05, 0.1) is 16.7 Å². The molecular formula is C23H22N3Na3O6S. The summed E-state index contributed by atoms with van der Waals surface area (Å²) in [4.78, 5) is 24.3. The van der Waals surface area contributed by atoms with Crippen LogP contribution in [-0.2, 0) is 15.0 Å². The van der Waals surface area contributed by atoms with Crippen molar-refractivity contribution in [3.05, 3.63) is 59.2 Å². The monoisotopic (exact) mass is 537 g/mol. The van der Waals surface area contributed by atoms with Crippen molar-refractivity contribution in [3.63, 3.8) is 0 Å². The van der Waals surface area contributed by atoms with Gasteiger partial charge in [-0.2, -0.15) is 0 Å². The zero-order valence-corrected chi connectivity index (χ0v) is 27.9. The predicted octanol–water partition coefficient (Wildman–Crippen LogP) is -6.86. The number of ether oxygens (including phenoxy) is 1. The van der Waals surface area contributed by atoms with Gasteiger partial charge in [0.15, 0.2) is 18.2 Å². The Hall–Kier alpha value is -0.340. The van der Waals surface area contributed by atoms with Gasteiger partial charge in [0.1, 0.15) is 5.75 Å². The van der Waals surface area contributed by atoms with Gasteiger partial charge < -0.3 is 40.8 Å². The van der Waals surface area contributed by atoms with E-state index in [-0.39, 0.29) is 116 Å². The first kappa shape index (κ1) is 33.7. The van der Waals surface area contributed by atoms with E-state index in [0.717, 1.165) is 0 Å². The van der Waals surface area contributed by atoms with Crippen molar-refractivity contribution in [2.24, 2.45) is 10.1 Å². The zero-order chi connectivity index (χ0) is 24.0. The molecule has 9 nitrogen and oxygen atoms in total. The normalized spacial score (nSPS) is 20.1. The molecule has 0 radical (unpaired) electrons.